The van der Waals surface area contributed by atoms with Gasteiger partial charge in [-0.05, 0) is 19.1 Å². The van der Waals surface area contributed by atoms with Crippen LogP contribution in [0.1, 0.15) is 11.8 Å². The van der Waals surface area contributed by atoms with Crippen LogP contribution in [-0.2, 0) is 4.79 Å². The SMILES string of the molecule is CCNC(=O)C(C#N)=Cc1ccc([N+](=O)[O-])s1. The summed E-state index contributed by atoms with van der Waals surface area (Å²) >= 11 is 0.914. The second-order valence-corrected chi connectivity index (χ2v) is 4.06. The Morgan fingerprint density at radius 1 is 1.71 bits per heavy atom. The van der Waals surface area contributed by atoms with Crippen LogP contribution in [0.15, 0.2) is 17.7 Å². The average molecular weight is 251 g/mol. The molecule has 0 spiro atoms. The topological polar surface area (TPSA) is 96.0 Å². The van der Waals surface area contributed by atoms with E-state index in [4.69, 9.17) is 5.26 Å². The van der Waals surface area contributed by atoms with Crippen LogP contribution in [0.4, 0.5) is 5.00 Å². The van der Waals surface area contributed by atoms with Crippen LogP contribution >= 0.6 is 11.3 Å². The minimum absolute atomic E-state index is 0.0237. The number of likely N-dealkylation sites (N-methyl/N-ethyl adjacent to an activating group) is 1. The summed E-state index contributed by atoms with van der Waals surface area (Å²) in [5.74, 6) is -0.481. The van der Waals surface area contributed by atoms with Gasteiger partial charge in [0.05, 0.1) is 4.92 Å². The van der Waals surface area contributed by atoms with Gasteiger partial charge in [0, 0.05) is 17.5 Å². The van der Waals surface area contributed by atoms with Crippen LogP contribution in [0.5, 0.6) is 0 Å². The van der Waals surface area contributed by atoms with Crippen molar-refractivity contribution in [1.29, 1.82) is 5.26 Å². The number of rotatable bonds is 4. The van der Waals surface area contributed by atoms with Gasteiger partial charge in [0.25, 0.3) is 5.91 Å². The summed E-state index contributed by atoms with van der Waals surface area (Å²) in [5.41, 5.74) is -0.0661. The van der Waals surface area contributed by atoms with E-state index in [0.29, 0.717) is 11.4 Å². The molecule has 0 fully saturated rings. The Kier molecular flexibility index (Phi) is 4.37. The van der Waals surface area contributed by atoms with Crippen molar-refractivity contribution in [2.45, 2.75) is 6.92 Å². The van der Waals surface area contributed by atoms with Crippen LogP contribution in [0.3, 0.4) is 0 Å². The van der Waals surface area contributed by atoms with E-state index in [0.717, 1.165) is 11.3 Å². The van der Waals surface area contributed by atoms with Crippen molar-refractivity contribution in [3.63, 3.8) is 0 Å². The minimum atomic E-state index is -0.514. The number of nitriles is 1. The van der Waals surface area contributed by atoms with Gasteiger partial charge >= 0.3 is 5.00 Å². The van der Waals surface area contributed by atoms with Crippen molar-refractivity contribution < 1.29 is 9.72 Å². The first-order valence-electron chi connectivity index (χ1n) is 4.72. The maximum Gasteiger partial charge on any atom is 0.324 e. The molecule has 1 aromatic heterocycles. The molecule has 0 atom stereocenters. The molecule has 1 N–H and O–H groups in total. The zero-order chi connectivity index (χ0) is 12.8. The number of nitro groups is 1. The molecule has 0 aliphatic rings. The standard InChI is InChI=1S/C10H9N3O3S/c1-2-12-10(14)7(6-11)5-8-3-4-9(17-8)13(15)16/h3-5H,2H2,1H3,(H,12,14). The molecule has 88 valence electrons. The van der Waals surface area contributed by atoms with E-state index in [9.17, 15) is 14.9 Å². The highest BCUT2D eigenvalue weighted by atomic mass is 32.1. The lowest BCUT2D eigenvalue weighted by molar-refractivity contribution is -0.380. The van der Waals surface area contributed by atoms with Gasteiger partial charge in [-0.25, -0.2) is 0 Å². The van der Waals surface area contributed by atoms with Gasteiger partial charge in [-0.3, -0.25) is 14.9 Å². The van der Waals surface area contributed by atoms with Gasteiger partial charge in [-0.1, -0.05) is 11.3 Å². The molecule has 0 radical (unpaired) electrons. The maximum atomic E-state index is 11.4. The number of carbonyl (C=O) groups excluding carboxylic acids is 1. The number of hydrogen-bond donors (Lipinski definition) is 1. The van der Waals surface area contributed by atoms with Crippen LogP contribution in [0.25, 0.3) is 6.08 Å². The number of nitrogens with zero attached hydrogens (tertiary/aromatic N) is 2. The molecule has 6 nitrogen and oxygen atoms in total. The maximum absolute atomic E-state index is 11.4. The Morgan fingerprint density at radius 3 is 2.88 bits per heavy atom. The Balaban J connectivity index is 2.95. The fourth-order valence-corrected chi connectivity index (χ4v) is 1.83. The summed E-state index contributed by atoms with van der Waals surface area (Å²) in [5, 5.41) is 21.7. The first-order chi connectivity index (χ1) is 8.08. The lowest BCUT2D eigenvalue weighted by Gasteiger charge is -1.98. The van der Waals surface area contributed by atoms with Crippen LogP contribution in [0.2, 0.25) is 0 Å². The number of amides is 1. The summed E-state index contributed by atoms with van der Waals surface area (Å²) < 4.78 is 0. The second kappa shape index (κ2) is 5.77. The number of nitrogens with one attached hydrogen (secondary N) is 1. The third-order valence-electron chi connectivity index (χ3n) is 1.78. The summed E-state index contributed by atoms with van der Waals surface area (Å²) in [7, 11) is 0. The van der Waals surface area contributed by atoms with Gasteiger partial charge in [0.15, 0.2) is 0 Å². The molecule has 0 bridgehead atoms. The highest BCUT2D eigenvalue weighted by Gasteiger charge is 2.11. The summed E-state index contributed by atoms with van der Waals surface area (Å²) in [4.78, 5) is 21.8. The van der Waals surface area contributed by atoms with E-state index >= 15 is 0 Å². The number of hydrogen-bond acceptors (Lipinski definition) is 5. The molecule has 0 aliphatic heterocycles. The fraction of sp³-hybridized carbons (Fsp3) is 0.200. The highest BCUT2D eigenvalue weighted by Crippen LogP contribution is 2.25. The lowest BCUT2D eigenvalue weighted by Crippen LogP contribution is -2.23. The van der Waals surface area contributed by atoms with Crippen molar-refractivity contribution >= 4 is 28.3 Å². The minimum Gasteiger partial charge on any atom is -0.352 e. The molecule has 1 aromatic rings. The Labute approximate surface area is 101 Å². The van der Waals surface area contributed by atoms with E-state index in [1.165, 1.54) is 18.2 Å². The van der Waals surface area contributed by atoms with E-state index < -0.39 is 10.8 Å². The van der Waals surface area contributed by atoms with Crippen LogP contribution in [0, 0.1) is 21.4 Å². The van der Waals surface area contributed by atoms with Gasteiger partial charge < -0.3 is 5.32 Å². The highest BCUT2D eigenvalue weighted by molar-refractivity contribution is 7.16. The van der Waals surface area contributed by atoms with Gasteiger partial charge in [-0.2, -0.15) is 5.26 Å². The van der Waals surface area contributed by atoms with Gasteiger partial charge in [0.1, 0.15) is 11.6 Å². The van der Waals surface area contributed by atoms with Crippen LogP contribution < -0.4 is 5.32 Å². The number of carbonyl (C=O) groups is 1. The third kappa shape index (κ3) is 3.39. The molecule has 17 heavy (non-hydrogen) atoms. The Morgan fingerprint density at radius 2 is 2.41 bits per heavy atom. The molecule has 0 unspecified atom stereocenters. The molecule has 0 aliphatic carbocycles. The zero-order valence-electron chi connectivity index (χ0n) is 8.97. The fourth-order valence-electron chi connectivity index (χ4n) is 1.06. The molecule has 1 rings (SSSR count). The van der Waals surface area contributed by atoms with Crippen molar-refractivity contribution in [2.24, 2.45) is 0 Å². The van der Waals surface area contributed by atoms with Crippen molar-refractivity contribution in [1.82, 2.24) is 5.32 Å². The van der Waals surface area contributed by atoms with E-state index in [2.05, 4.69) is 5.32 Å². The van der Waals surface area contributed by atoms with Crippen molar-refractivity contribution in [3.05, 3.63) is 32.7 Å². The first-order valence-corrected chi connectivity index (χ1v) is 5.54. The third-order valence-corrected chi connectivity index (χ3v) is 2.77. The largest absolute Gasteiger partial charge is 0.352 e. The van der Waals surface area contributed by atoms with Crippen molar-refractivity contribution in [2.75, 3.05) is 6.54 Å². The van der Waals surface area contributed by atoms with Crippen LogP contribution in [-0.4, -0.2) is 17.4 Å². The van der Waals surface area contributed by atoms with Gasteiger partial charge in [0.2, 0.25) is 0 Å². The van der Waals surface area contributed by atoms with E-state index in [-0.39, 0.29) is 10.6 Å². The van der Waals surface area contributed by atoms with E-state index in [1.807, 2.05) is 0 Å². The molecular formula is C10H9N3O3S. The molecular weight excluding hydrogens is 242 g/mol. The first kappa shape index (κ1) is 12.9. The molecule has 0 saturated carbocycles. The summed E-state index contributed by atoms with van der Waals surface area (Å²) in [6.07, 6.45) is 1.34. The average Bonchev–Trinajstić information content (AvgIpc) is 2.74. The normalized spacial score (nSPS) is 10.7. The quantitative estimate of drug-likeness (QED) is 0.381. The lowest BCUT2D eigenvalue weighted by atomic mass is 10.2. The molecule has 1 amide bonds. The monoisotopic (exact) mass is 251 g/mol. The number of thiophene rings is 1. The Bertz CT molecular complexity index is 513. The van der Waals surface area contributed by atoms with E-state index in [1.54, 1.807) is 13.0 Å². The predicted octanol–water partition coefficient (Wildman–Crippen LogP) is 1.70. The van der Waals surface area contributed by atoms with Crippen molar-refractivity contribution in [3.8, 4) is 6.07 Å². The predicted molar refractivity (Wildman–Crippen MR) is 63.2 cm³/mol. The van der Waals surface area contributed by atoms with Gasteiger partial charge in [-0.15, -0.1) is 0 Å². The molecule has 0 saturated heterocycles. The zero-order valence-corrected chi connectivity index (χ0v) is 9.78. The summed E-state index contributed by atoms with van der Waals surface area (Å²) in [6.45, 7) is 2.16. The molecule has 1 heterocycles. The second-order valence-electron chi connectivity index (χ2n) is 2.96. The summed E-state index contributed by atoms with van der Waals surface area (Å²) in [6, 6.07) is 4.60. The molecule has 0 aromatic carbocycles. The smallest absolute Gasteiger partial charge is 0.324 e. The Hall–Kier alpha value is -2.20. The molecule has 7 heteroatoms.